The Bertz CT molecular complexity index is 559. The number of hydrogen-bond acceptors (Lipinski definition) is 4. The van der Waals surface area contributed by atoms with E-state index in [1.54, 1.807) is 0 Å². The molecule has 2 aliphatic heterocycles. The SMILES string of the molecule is CC[N](CC)[Hf]([N](CC)CC)([C]1(C)C=CC(C)=N1)[C]1(C)C=CC(C)=N1. The molecule has 0 aromatic carbocycles. The summed E-state index contributed by atoms with van der Waals surface area (Å²) in [6, 6.07) is 0. The van der Waals surface area contributed by atoms with Crippen LogP contribution in [0.2, 0.25) is 0 Å². The van der Waals surface area contributed by atoms with E-state index in [2.05, 4.69) is 85.5 Å². The van der Waals surface area contributed by atoms with Crippen molar-refractivity contribution in [2.24, 2.45) is 9.98 Å². The van der Waals surface area contributed by atoms with Crippen LogP contribution in [0.5, 0.6) is 0 Å². The van der Waals surface area contributed by atoms with Crippen LogP contribution in [0.25, 0.3) is 0 Å². The van der Waals surface area contributed by atoms with Crippen molar-refractivity contribution in [1.82, 2.24) is 5.78 Å². The Hall–Kier alpha value is -0.390. The van der Waals surface area contributed by atoms with E-state index in [9.17, 15) is 0 Å². The summed E-state index contributed by atoms with van der Waals surface area (Å²) in [7, 11) is 0. The minimum atomic E-state index is -3.63. The zero-order valence-electron chi connectivity index (χ0n) is 17.4. The van der Waals surface area contributed by atoms with Gasteiger partial charge >= 0.3 is 160 Å². The van der Waals surface area contributed by atoms with Crippen molar-refractivity contribution in [3.63, 3.8) is 0 Å². The molecule has 0 saturated carbocycles. The first-order valence-corrected chi connectivity index (χ1v) is 16.6. The predicted molar refractivity (Wildman–Crippen MR) is 107 cm³/mol. The van der Waals surface area contributed by atoms with Gasteiger partial charge in [-0.15, -0.1) is 0 Å². The Morgan fingerprint density at radius 1 is 0.760 bits per heavy atom. The quantitative estimate of drug-likeness (QED) is 0.459. The van der Waals surface area contributed by atoms with Crippen LogP contribution >= 0.6 is 0 Å². The summed E-state index contributed by atoms with van der Waals surface area (Å²) >= 11 is -3.63. The maximum absolute atomic E-state index is 5.26. The third-order valence-corrected chi connectivity index (χ3v) is 29.2. The van der Waals surface area contributed by atoms with Gasteiger partial charge in [0.25, 0.3) is 0 Å². The first kappa shape index (κ1) is 20.9. The van der Waals surface area contributed by atoms with E-state index in [0.717, 1.165) is 37.6 Å². The van der Waals surface area contributed by atoms with Gasteiger partial charge in [-0.1, -0.05) is 0 Å². The second kappa shape index (κ2) is 7.69. The van der Waals surface area contributed by atoms with Crippen LogP contribution in [0.3, 0.4) is 0 Å². The fourth-order valence-electron chi connectivity index (χ4n) is 5.19. The van der Waals surface area contributed by atoms with Crippen LogP contribution in [0.15, 0.2) is 34.3 Å². The molecule has 4 nitrogen and oxygen atoms in total. The Morgan fingerprint density at radius 2 is 1.08 bits per heavy atom. The first-order chi connectivity index (χ1) is 11.7. The molecular weight excluding hydrogens is 475 g/mol. The van der Waals surface area contributed by atoms with Gasteiger partial charge in [0.15, 0.2) is 0 Å². The van der Waals surface area contributed by atoms with E-state index in [1.807, 2.05) is 0 Å². The molecule has 0 fully saturated rings. The molecule has 2 atom stereocenters. The fraction of sp³-hybridized carbons (Fsp3) is 0.700. The molecular formula is C20H36HfN4. The number of aliphatic imine (C=N–C) groups is 2. The van der Waals surface area contributed by atoms with Crippen molar-refractivity contribution in [3.05, 3.63) is 24.3 Å². The Labute approximate surface area is 159 Å². The summed E-state index contributed by atoms with van der Waals surface area (Å²) in [6.45, 7) is 22.5. The van der Waals surface area contributed by atoms with E-state index in [0.29, 0.717) is 0 Å². The summed E-state index contributed by atoms with van der Waals surface area (Å²) in [5.74, 6) is 0. The number of allylic oxidation sites excluding steroid dienone is 2. The van der Waals surface area contributed by atoms with Crippen LogP contribution < -0.4 is 0 Å². The normalized spacial score (nSPS) is 29.0. The van der Waals surface area contributed by atoms with Crippen molar-refractivity contribution in [2.45, 2.75) is 62.0 Å². The van der Waals surface area contributed by atoms with Crippen molar-refractivity contribution >= 4 is 11.4 Å². The van der Waals surface area contributed by atoms with Crippen molar-refractivity contribution in [2.75, 3.05) is 26.2 Å². The second-order valence-electron chi connectivity index (χ2n) is 7.48. The van der Waals surface area contributed by atoms with Crippen molar-refractivity contribution in [3.8, 4) is 0 Å². The van der Waals surface area contributed by atoms with Gasteiger partial charge in [-0.2, -0.15) is 0 Å². The molecule has 0 amide bonds. The molecule has 0 bridgehead atoms. The summed E-state index contributed by atoms with van der Waals surface area (Å²) < 4.78 is 5.31. The molecule has 0 aromatic rings. The van der Waals surface area contributed by atoms with Crippen LogP contribution in [0.4, 0.5) is 0 Å². The third-order valence-electron chi connectivity index (χ3n) is 5.97. The first-order valence-electron chi connectivity index (χ1n) is 9.76. The van der Waals surface area contributed by atoms with Crippen molar-refractivity contribution in [1.29, 1.82) is 0 Å². The zero-order valence-corrected chi connectivity index (χ0v) is 21.0. The molecule has 0 N–H and O–H groups in total. The van der Waals surface area contributed by atoms with Crippen molar-refractivity contribution < 1.29 is 20.5 Å². The topological polar surface area (TPSA) is 31.2 Å². The standard InChI is InChI=1S/2C6H8N.2C4H10N.Hf/c2*1-5-3-4-6(2)7-5;2*1-3-5-4-2;/h2*3-4H,1-2H3;2*3-4H2,1-2H3;/q;;2*-1;+2. The van der Waals surface area contributed by atoms with Crippen LogP contribution in [-0.2, 0) is 20.5 Å². The van der Waals surface area contributed by atoms with Gasteiger partial charge in [-0.3, -0.25) is 0 Å². The molecule has 0 aliphatic carbocycles. The zero-order chi connectivity index (χ0) is 18.9. The van der Waals surface area contributed by atoms with Gasteiger partial charge in [0.05, 0.1) is 0 Å². The van der Waals surface area contributed by atoms with Crippen LogP contribution in [0, 0.1) is 0 Å². The van der Waals surface area contributed by atoms with E-state index in [4.69, 9.17) is 9.98 Å². The maximum atomic E-state index is 5.26. The number of hydrogen-bond donors (Lipinski definition) is 0. The van der Waals surface area contributed by atoms with Gasteiger partial charge in [0.1, 0.15) is 0 Å². The van der Waals surface area contributed by atoms with Gasteiger partial charge in [0.2, 0.25) is 0 Å². The van der Waals surface area contributed by atoms with Gasteiger partial charge in [-0.25, -0.2) is 0 Å². The summed E-state index contributed by atoms with van der Waals surface area (Å²) in [6.07, 6.45) is 9.23. The third kappa shape index (κ3) is 3.10. The number of rotatable bonds is 8. The monoisotopic (exact) mass is 512 g/mol. The molecule has 0 saturated heterocycles. The van der Waals surface area contributed by atoms with E-state index < -0.39 is 20.5 Å². The molecule has 2 aliphatic rings. The van der Waals surface area contributed by atoms with Gasteiger partial charge in [-0.05, 0) is 0 Å². The Balaban J connectivity index is 2.85. The van der Waals surface area contributed by atoms with Gasteiger partial charge in [0, 0.05) is 0 Å². The van der Waals surface area contributed by atoms with E-state index in [-0.39, 0.29) is 6.59 Å². The van der Waals surface area contributed by atoms with E-state index >= 15 is 0 Å². The molecule has 2 unspecified atom stereocenters. The van der Waals surface area contributed by atoms with E-state index in [1.165, 1.54) is 0 Å². The Morgan fingerprint density at radius 3 is 1.28 bits per heavy atom. The summed E-state index contributed by atoms with van der Waals surface area (Å²) in [5.41, 5.74) is 2.30. The average Bonchev–Trinajstić information content (AvgIpc) is 3.10. The fourth-order valence-corrected chi connectivity index (χ4v) is 30.7. The molecule has 0 spiro atoms. The Kier molecular flexibility index (Phi) is 6.44. The molecule has 0 aromatic heterocycles. The summed E-state index contributed by atoms with van der Waals surface area (Å²) in [5, 5.41) is 0. The summed E-state index contributed by atoms with van der Waals surface area (Å²) in [4.78, 5) is 10.5. The minimum absolute atomic E-state index is 0.137. The molecule has 2 heterocycles. The van der Waals surface area contributed by atoms with Gasteiger partial charge < -0.3 is 0 Å². The average molecular weight is 511 g/mol. The molecule has 2 rings (SSSR count). The molecule has 5 heteroatoms. The second-order valence-corrected chi connectivity index (χ2v) is 24.1. The molecule has 140 valence electrons. The molecule has 0 radical (unpaired) electrons. The predicted octanol–water partition coefficient (Wildman–Crippen LogP) is 4.15. The molecule has 25 heavy (non-hydrogen) atoms. The van der Waals surface area contributed by atoms with Crippen LogP contribution in [0.1, 0.15) is 55.4 Å². The van der Waals surface area contributed by atoms with Crippen LogP contribution in [-0.4, -0.2) is 50.0 Å². The number of nitrogens with zero attached hydrogens (tertiary/aromatic N) is 4.